The summed E-state index contributed by atoms with van der Waals surface area (Å²) < 4.78 is 0.929. The zero-order chi connectivity index (χ0) is 20.9. The van der Waals surface area contributed by atoms with Crippen LogP contribution in [0.5, 0.6) is 0 Å². The van der Waals surface area contributed by atoms with Crippen LogP contribution in [0.2, 0.25) is 0 Å². The van der Waals surface area contributed by atoms with E-state index in [9.17, 15) is 9.59 Å². The molecule has 2 amide bonds. The van der Waals surface area contributed by atoms with Crippen molar-refractivity contribution in [3.05, 3.63) is 89.4 Å². The number of hydrogen-bond acceptors (Lipinski definition) is 4. The molecule has 0 saturated carbocycles. The minimum absolute atomic E-state index is 0.0930. The normalized spacial score (nSPS) is 17.8. The van der Waals surface area contributed by atoms with E-state index in [2.05, 4.69) is 26.2 Å². The number of thioether (sulfide) groups is 1. The Morgan fingerprint density at radius 3 is 2.27 bits per heavy atom. The van der Waals surface area contributed by atoms with Gasteiger partial charge in [0.2, 0.25) is 11.8 Å². The summed E-state index contributed by atoms with van der Waals surface area (Å²) in [5.41, 5.74) is 2.14. The van der Waals surface area contributed by atoms with Crippen molar-refractivity contribution < 1.29 is 9.59 Å². The Hall–Kier alpha value is -2.90. The van der Waals surface area contributed by atoms with Gasteiger partial charge in [0.05, 0.1) is 11.4 Å². The summed E-state index contributed by atoms with van der Waals surface area (Å²) in [6, 6.07) is 26.1. The molecule has 150 valence electrons. The van der Waals surface area contributed by atoms with Crippen molar-refractivity contribution in [2.24, 2.45) is 4.99 Å². The fourth-order valence-electron chi connectivity index (χ4n) is 3.00. The first-order chi connectivity index (χ1) is 14.6. The van der Waals surface area contributed by atoms with E-state index in [1.165, 1.54) is 11.8 Å². The molecule has 1 fully saturated rings. The average Bonchev–Trinajstić information content (AvgIpc) is 2.76. The highest BCUT2D eigenvalue weighted by Crippen LogP contribution is 2.33. The van der Waals surface area contributed by atoms with Crippen LogP contribution in [0.15, 0.2) is 94.4 Å². The minimum Gasteiger partial charge on any atom is -0.325 e. The lowest BCUT2D eigenvalue weighted by molar-refractivity contribution is -0.121. The third kappa shape index (κ3) is 4.80. The van der Waals surface area contributed by atoms with E-state index in [-0.39, 0.29) is 18.2 Å². The number of aliphatic imine (C=N–C) groups is 1. The highest BCUT2D eigenvalue weighted by atomic mass is 79.9. The van der Waals surface area contributed by atoms with Gasteiger partial charge in [0.1, 0.15) is 5.25 Å². The molecule has 4 rings (SSSR count). The molecule has 3 aromatic rings. The summed E-state index contributed by atoms with van der Waals surface area (Å²) in [7, 11) is 0. The van der Waals surface area contributed by atoms with Crippen LogP contribution in [0.25, 0.3) is 0 Å². The van der Waals surface area contributed by atoms with E-state index in [1.807, 2.05) is 84.9 Å². The fraction of sp³-hybridized carbons (Fsp3) is 0.0870. The molecule has 1 heterocycles. The molecule has 1 aliphatic heterocycles. The number of para-hydroxylation sites is 2. The Labute approximate surface area is 187 Å². The first kappa shape index (κ1) is 20.4. The highest BCUT2D eigenvalue weighted by Gasteiger charge is 2.36. The molecular weight excluding hydrogens is 462 g/mol. The molecule has 30 heavy (non-hydrogen) atoms. The molecule has 1 saturated heterocycles. The highest BCUT2D eigenvalue weighted by molar-refractivity contribution is 9.10. The average molecular weight is 480 g/mol. The summed E-state index contributed by atoms with van der Waals surface area (Å²) in [5.74, 6) is -0.380. The van der Waals surface area contributed by atoms with Crippen molar-refractivity contribution >= 4 is 61.7 Å². The van der Waals surface area contributed by atoms with Crippen LogP contribution in [0.3, 0.4) is 0 Å². The number of halogens is 1. The summed E-state index contributed by atoms with van der Waals surface area (Å²) in [6.07, 6.45) is 0.0930. The largest absolute Gasteiger partial charge is 0.325 e. The van der Waals surface area contributed by atoms with Gasteiger partial charge in [-0.1, -0.05) is 64.1 Å². The van der Waals surface area contributed by atoms with Crippen LogP contribution in [0.4, 0.5) is 17.1 Å². The van der Waals surface area contributed by atoms with Gasteiger partial charge in [-0.3, -0.25) is 14.5 Å². The lowest BCUT2D eigenvalue weighted by atomic mass is 10.2. The lowest BCUT2D eigenvalue weighted by Gasteiger charge is -2.31. The number of nitrogens with zero attached hydrogens (tertiary/aromatic N) is 2. The smallest absolute Gasteiger partial charge is 0.238 e. The first-order valence-electron chi connectivity index (χ1n) is 9.35. The monoisotopic (exact) mass is 479 g/mol. The quantitative estimate of drug-likeness (QED) is 0.528. The molecule has 5 nitrogen and oxygen atoms in total. The second kappa shape index (κ2) is 9.28. The molecule has 1 atom stereocenters. The first-order valence-corrected chi connectivity index (χ1v) is 11.0. The van der Waals surface area contributed by atoms with Crippen molar-refractivity contribution in [2.45, 2.75) is 11.7 Å². The predicted molar refractivity (Wildman–Crippen MR) is 126 cm³/mol. The molecule has 3 aromatic carbocycles. The minimum atomic E-state index is -0.566. The van der Waals surface area contributed by atoms with E-state index in [0.717, 1.165) is 15.8 Å². The van der Waals surface area contributed by atoms with Gasteiger partial charge in [-0.15, -0.1) is 0 Å². The zero-order valence-corrected chi connectivity index (χ0v) is 18.3. The van der Waals surface area contributed by atoms with Crippen LogP contribution in [-0.4, -0.2) is 22.2 Å². The Bertz CT molecular complexity index is 1070. The maximum absolute atomic E-state index is 13.1. The van der Waals surface area contributed by atoms with Crippen molar-refractivity contribution in [1.29, 1.82) is 0 Å². The standard InChI is InChI=1S/C23H18BrN3O2S/c24-16-11-13-18(14-12-16)25-22(29)20-15-21(28)27(19-9-5-2-6-10-19)23(30-20)26-17-7-3-1-4-8-17/h1-14,20H,15H2,(H,25,29)/t20-/m1/s1. The Morgan fingerprint density at radius 2 is 1.60 bits per heavy atom. The Kier molecular flexibility index (Phi) is 6.30. The number of amidine groups is 1. The summed E-state index contributed by atoms with van der Waals surface area (Å²) in [6.45, 7) is 0. The molecule has 0 unspecified atom stereocenters. The van der Waals surface area contributed by atoms with Gasteiger partial charge in [0, 0.05) is 16.6 Å². The molecule has 0 aromatic heterocycles. The summed E-state index contributed by atoms with van der Waals surface area (Å²) >= 11 is 4.68. The number of hydrogen-bond donors (Lipinski definition) is 1. The van der Waals surface area contributed by atoms with E-state index in [0.29, 0.717) is 10.9 Å². The third-order valence-corrected chi connectivity index (χ3v) is 6.13. The lowest BCUT2D eigenvalue weighted by Crippen LogP contribution is -2.45. The summed E-state index contributed by atoms with van der Waals surface area (Å²) in [5, 5.41) is 2.81. The second-order valence-electron chi connectivity index (χ2n) is 6.60. The number of anilines is 2. The second-order valence-corrected chi connectivity index (χ2v) is 8.69. The van der Waals surface area contributed by atoms with Crippen molar-refractivity contribution in [1.82, 2.24) is 0 Å². The van der Waals surface area contributed by atoms with Crippen LogP contribution in [0.1, 0.15) is 6.42 Å². The van der Waals surface area contributed by atoms with Crippen LogP contribution in [0, 0.1) is 0 Å². The Morgan fingerprint density at radius 1 is 0.967 bits per heavy atom. The van der Waals surface area contributed by atoms with Crippen molar-refractivity contribution in [2.75, 3.05) is 10.2 Å². The van der Waals surface area contributed by atoms with Crippen LogP contribution in [-0.2, 0) is 9.59 Å². The number of benzene rings is 3. The van der Waals surface area contributed by atoms with Crippen LogP contribution < -0.4 is 10.2 Å². The third-order valence-electron chi connectivity index (χ3n) is 4.45. The van der Waals surface area contributed by atoms with Gasteiger partial charge >= 0.3 is 0 Å². The van der Waals surface area contributed by atoms with Gasteiger partial charge in [-0.05, 0) is 48.5 Å². The van der Waals surface area contributed by atoms with Crippen molar-refractivity contribution in [3.8, 4) is 0 Å². The van der Waals surface area contributed by atoms with Crippen LogP contribution >= 0.6 is 27.7 Å². The van der Waals surface area contributed by atoms with Gasteiger partial charge in [-0.2, -0.15) is 0 Å². The maximum atomic E-state index is 13.1. The molecular formula is C23H18BrN3O2S. The Balaban J connectivity index is 1.62. The van der Waals surface area contributed by atoms with E-state index >= 15 is 0 Å². The number of rotatable bonds is 4. The molecule has 0 spiro atoms. The maximum Gasteiger partial charge on any atom is 0.238 e. The fourth-order valence-corrected chi connectivity index (χ4v) is 4.38. The molecule has 1 N–H and O–H groups in total. The number of carbonyl (C=O) groups excluding carboxylic acids is 2. The van der Waals surface area contributed by atoms with Gasteiger partial charge in [0.15, 0.2) is 5.17 Å². The van der Waals surface area contributed by atoms with Gasteiger partial charge < -0.3 is 5.32 Å². The van der Waals surface area contributed by atoms with E-state index in [1.54, 1.807) is 4.90 Å². The topological polar surface area (TPSA) is 61.8 Å². The number of nitrogens with one attached hydrogen (secondary N) is 1. The molecule has 0 bridgehead atoms. The van der Waals surface area contributed by atoms with Crippen molar-refractivity contribution in [3.63, 3.8) is 0 Å². The van der Waals surface area contributed by atoms with Gasteiger partial charge in [-0.25, -0.2) is 4.99 Å². The predicted octanol–water partition coefficient (Wildman–Crippen LogP) is 5.61. The number of amides is 2. The zero-order valence-electron chi connectivity index (χ0n) is 15.9. The van der Waals surface area contributed by atoms with E-state index < -0.39 is 5.25 Å². The summed E-state index contributed by atoms with van der Waals surface area (Å²) in [4.78, 5) is 32.2. The van der Waals surface area contributed by atoms with Gasteiger partial charge in [0.25, 0.3) is 0 Å². The molecule has 0 radical (unpaired) electrons. The molecule has 7 heteroatoms. The molecule has 1 aliphatic rings. The molecule has 0 aliphatic carbocycles. The number of carbonyl (C=O) groups is 2. The SMILES string of the molecule is O=C(Nc1ccc(Br)cc1)[C@H]1CC(=O)N(c2ccccc2)C(=Nc2ccccc2)S1. The van der Waals surface area contributed by atoms with E-state index in [4.69, 9.17) is 0 Å².